The van der Waals surface area contributed by atoms with Gasteiger partial charge < -0.3 is 9.73 Å². The van der Waals surface area contributed by atoms with Gasteiger partial charge in [0.05, 0.1) is 19.3 Å². The van der Waals surface area contributed by atoms with E-state index in [-0.39, 0.29) is 12.5 Å². The highest BCUT2D eigenvalue weighted by Gasteiger charge is 2.12. The molecule has 2 aromatic heterocycles. The third-order valence-corrected chi connectivity index (χ3v) is 3.89. The summed E-state index contributed by atoms with van der Waals surface area (Å²) < 4.78 is 6.61. The van der Waals surface area contributed by atoms with Crippen molar-refractivity contribution in [2.75, 3.05) is 18.9 Å². The van der Waals surface area contributed by atoms with E-state index in [0.717, 1.165) is 10.0 Å². The Morgan fingerprint density at radius 3 is 2.68 bits per heavy atom. The maximum Gasteiger partial charge on any atom is 0.239 e. The smallest absolute Gasteiger partial charge is 0.239 e. The van der Waals surface area contributed by atoms with Gasteiger partial charge in [0.2, 0.25) is 11.8 Å². The monoisotopic (exact) mass is 400 g/mol. The van der Waals surface area contributed by atoms with Gasteiger partial charge in [0.25, 0.3) is 0 Å². The molecule has 3 rings (SSSR count). The summed E-state index contributed by atoms with van der Waals surface area (Å²) in [4.78, 5) is 22.3. The quantitative estimate of drug-likeness (QED) is 0.684. The third-order valence-electron chi connectivity index (χ3n) is 3.43. The molecule has 128 valence electrons. The van der Waals surface area contributed by atoms with E-state index in [1.165, 1.54) is 0 Å². The molecule has 0 radical (unpaired) electrons. The molecule has 2 heterocycles. The summed E-state index contributed by atoms with van der Waals surface area (Å²) in [6.07, 6.45) is 3.33. The number of rotatable bonds is 6. The first-order chi connectivity index (χ1) is 12.1. The third kappa shape index (κ3) is 4.98. The van der Waals surface area contributed by atoms with Crippen molar-refractivity contribution >= 4 is 27.7 Å². The van der Waals surface area contributed by atoms with E-state index in [1.54, 1.807) is 18.5 Å². The summed E-state index contributed by atoms with van der Waals surface area (Å²) in [5, 5.41) is 2.75. The highest BCUT2D eigenvalue weighted by molar-refractivity contribution is 9.10. The zero-order valence-electron chi connectivity index (χ0n) is 13.6. The molecule has 0 saturated carbocycles. The number of halogens is 1. The summed E-state index contributed by atoms with van der Waals surface area (Å²) in [6, 6.07) is 13.3. The molecule has 0 aliphatic rings. The van der Waals surface area contributed by atoms with Crippen molar-refractivity contribution in [2.24, 2.45) is 0 Å². The van der Waals surface area contributed by atoms with E-state index in [9.17, 15) is 4.79 Å². The number of hydrogen-bond acceptors (Lipinski definition) is 5. The van der Waals surface area contributed by atoms with Crippen LogP contribution in [-0.2, 0) is 11.3 Å². The molecule has 3 aromatic rings. The fourth-order valence-corrected chi connectivity index (χ4v) is 2.52. The van der Waals surface area contributed by atoms with Crippen molar-refractivity contribution in [3.63, 3.8) is 0 Å². The van der Waals surface area contributed by atoms with Gasteiger partial charge >= 0.3 is 0 Å². The van der Waals surface area contributed by atoms with Gasteiger partial charge in [0.15, 0.2) is 5.76 Å². The molecular formula is C18H17BrN4O2. The topological polar surface area (TPSA) is 71.3 Å². The second-order valence-corrected chi connectivity index (χ2v) is 6.48. The van der Waals surface area contributed by atoms with Crippen LogP contribution in [0.25, 0.3) is 11.3 Å². The van der Waals surface area contributed by atoms with Gasteiger partial charge in [-0.25, -0.2) is 9.97 Å². The number of amides is 1. The van der Waals surface area contributed by atoms with Crippen LogP contribution in [0.15, 0.2) is 63.7 Å². The van der Waals surface area contributed by atoms with Gasteiger partial charge in [0.1, 0.15) is 5.82 Å². The number of oxazole rings is 1. The van der Waals surface area contributed by atoms with Gasteiger partial charge in [0, 0.05) is 16.2 Å². The van der Waals surface area contributed by atoms with Gasteiger partial charge in [-0.1, -0.05) is 30.3 Å². The Morgan fingerprint density at radius 2 is 1.96 bits per heavy atom. The molecule has 0 atom stereocenters. The molecule has 6 nitrogen and oxygen atoms in total. The van der Waals surface area contributed by atoms with Crippen LogP contribution in [-0.4, -0.2) is 34.4 Å². The fraction of sp³-hybridized carbons (Fsp3) is 0.167. The normalized spacial score (nSPS) is 10.8. The largest absolute Gasteiger partial charge is 0.439 e. The van der Waals surface area contributed by atoms with E-state index in [4.69, 9.17) is 4.42 Å². The number of carbonyl (C=O) groups excluding carboxylic acids is 1. The molecule has 1 N–H and O–H groups in total. The predicted octanol–water partition coefficient (Wildman–Crippen LogP) is 3.57. The summed E-state index contributed by atoms with van der Waals surface area (Å²) in [5.74, 6) is 1.65. The Bertz CT molecular complexity index is 834. The number of carbonyl (C=O) groups is 1. The number of aromatic nitrogens is 2. The minimum atomic E-state index is -0.146. The first-order valence-corrected chi connectivity index (χ1v) is 8.49. The average Bonchev–Trinajstić information content (AvgIpc) is 3.06. The van der Waals surface area contributed by atoms with Gasteiger partial charge in [-0.2, -0.15) is 0 Å². The maximum absolute atomic E-state index is 12.1. The zero-order chi connectivity index (χ0) is 17.6. The molecule has 0 bridgehead atoms. The molecule has 0 saturated heterocycles. The van der Waals surface area contributed by atoms with Crippen molar-refractivity contribution in [3.05, 3.63) is 65.2 Å². The molecule has 1 amide bonds. The minimum absolute atomic E-state index is 0.146. The van der Waals surface area contributed by atoms with Gasteiger partial charge in [-0.05, 0) is 35.1 Å². The average molecular weight is 401 g/mol. The zero-order valence-corrected chi connectivity index (χ0v) is 15.2. The van der Waals surface area contributed by atoms with Gasteiger partial charge in [-0.15, -0.1) is 0 Å². The number of pyridine rings is 1. The Kier molecular flexibility index (Phi) is 5.57. The Balaban J connectivity index is 1.54. The van der Waals surface area contributed by atoms with Crippen molar-refractivity contribution in [2.45, 2.75) is 6.54 Å². The number of likely N-dealkylation sites (N-methyl/N-ethyl adjacent to an activating group) is 1. The molecule has 0 unspecified atom stereocenters. The Morgan fingerprint density at radius 1 is 1.16 bits per heavy atom. The molecule has 0 aliphatic heterocycles. The number of benzene rings is 1. The summed E-state index contributed by atoms with van der Waals surface area (Å²) in [7, 11) is 1.83. The van der Waals surface area contributed by atoms with E-state index in [1.807, 2.05) is 48.3 Å². The van der Waals surface area contributed by atoms with E-state index >= 15 is 0 Å². The number of anilines is 1. The summed E-state index contributed by atoms with van der Waals surface area (Å²) >= 11 is 3.31. The predicted molar refractivity (Wildman–Crippen MR) is 98.8 cm³/mol. The first-order valence-electron chi connectivity index (χ1n) is 7.70. The van der Waals surface area contributed by atoms with Crippen molar-refractivity contribution in [1.82, 2.24) is 14.9 Å². The molecule has 25 heavy (non-hydrogen) atoms. The van der Waals surface area contributed by atoms with Crippen molar-refractivity contribution < 1.29 is 9.21 Å². The van der Waals surface area contributed by atoms with Crippen LogP contribution in [0.1, 0.15) is 5.89 Å². The van der Waals surface area contributed by atoms with Crippen LogP contribution in [0.3, 0.4) is 0 Å². The Labute approximate surface area is 154 Å². The second kappa shape index (κ2) is 8.04. The molecular weight excluding hydrogens is 384 g/mol. The summed E-state index contributed by atoms with van der Waals surface area (Å²) in [6.45, 7) is 0.648. The molecule has 0 aliphatic carbocycles. The number of nitrogens with zero attached hydrogens (tertiary/aromatic N) is 3. The van der Waals surface area contributed by atoms with Crippen molar-refractivity contribution in [3.8, 4) is 11.3 Å². The highest BCUT2D eigenvalue weighted by atomic mass is 79.9. The number of hydrogen-bond donors (Lipinski definition) is 1. The van der Waals surface area contributed by atoms with Crippen LogP contribution in [0.2, 0.25) is 0 Å². The lowest BCUT2D eigenvalue weighted by atomic mass is 10.2. The fourth-order valence-electron chi connectivity index (χ4n) is 2.28. The van der Waals surface area contributed by atoms with Crippen LogP contribution >= 0.6 is 15.9 Å². The van der Waals surface area contributed by atoms with E-state index in [2.05, 4.69) is 31.2 Å². The van der Waals surface area contributed by atoms with Crippen molar-refractivity contribution in [1.29, 1.82) is 0 Å². The van der Waals surface area contributed by atoms with E-state index in [0.29, 0.717) is 24.0 Å². The van der Waals surface area contributed by atoms with Crippen LogP contribution in [0.4, 0.5) is 5.82 Å². The molecule has 0 fully saturated rings. The lowest BCUT2D eigenvalue weighted by Gasteiger charge is -2.14. The molecule has 7 heteroatoms. The summed E-state index contributed by atoms with van der Waals surface area (Å²) in [5.41, 5.74) is 0.975. The standard InChI is InChI=1S/C18H17BrN4O2/c1-23(11-17(24)22-16-8-7-14(19)9-20-16)12-18-21-10-15(25-18)13-5-3-2-4-6-13/h2-10H,11-12H2,1H3,(H,20,22,24). The van der Waals surface area contributed by atoms with Crippen LogP contribution < -0.4 is 5.32 Å². The lowest BCUT2D eigenvalue weighted by Crippen LogP contribution is -2.30. The Hall–Kier alpha value is -2.51. The lowest BCUT2D eigenvalue weighted by molar-refractivity contribution is -0.117. The molecule has 0 spiro atoms. The number of nitrogens with one attached hydrogen (secondary N) is 1. The maximum atomic E-state index is 12.1. The SMILES string of the molecule is CN(CC(=O)Nc1ccc(Br)cn1)Cc1ncc(-c2ccccc2)o1. The van der Waals surface area contributed by atoms with Gasteiger partial charge in [-0.3, -0.25) is 9.69 Å². The van der Waals surface area contributed by atoms with E-state index < -0.39 is 0 Å². The van der Waals surface area contributed by atoms with Crippen LogP contribution in [0, 0.1) is 0 Å². The van der Waals surface area contributed by atoms with Crippen LogP contribution in [0.5, 0.6) is 0 Å². The second-order valence-electron chi connectivity index (χ2n) is 5.57. The minimum Gasteiger partial charge on any atom is -0.439 e. The molecule has 1 aromatic carbocycles. The highest BCUT2D eigenvalue weighted by Crippen LogP contribution is 2.20. The first kappa shape index (κ1) is 17.3.